The maximum absolute atomic E-state index is 13.0. The smallest absolute Gasteiger partial charge is 0.265 e. The van der Waals surface area contributed by atoms with Crippen LogP contribution in [0, 0.1) is 20.8 Å². The van der Waals surface area contributed by atoms with Crippen molar-refractivity contribution in [1.29, 1.82) is 0 Å². The summed E-state index contributed by atoms with van der Waals surface area (Å²) in [5, 5.41) is 4.65. The maximum atomic E-state index is 13.0. The Bertz CT molecular complexity index is 1050. The molecule has 9 heteroatoms. The van der Waals surface area contributed by atoms with Crippen molar-refractivity contribution in [2.75, 3.05) is 26.2 Å². The van der Waals surface area contributed by atoms with Gasteiger partial charge in [-0.05, 0) is 32.9 Å². The van der Waals surface area contributed by atoms with Crippen molar-refractivity contribution in [3.8, 4) is 10.7 Å². The van der Waals surface area contributed by atoms with Gasteiger partial charge in [-0.2, -0.15) is 0 Å². The van der Waals surface area contributed by atoms with E-state index in [0.717, 1.165) is 22.0 Å². The molecular formula is C21H23N5O3S. The Balaban J connectivity index is 1.39. The third-order valence-corrected chi connectivity index (χ3v) is 6.47. The minimum atomic E-state index is -0.0370. The molecule has 0 atom stereocenters. The number of rotatable bonds is 4. The first kappa shape index (κ1) is 20.2. The number of hydrogen-bond acceptors (Lipinski definition) is 7. The molecule has 156 valence electrons. The quantitative estimate of drug-likeness (QED) is 0.638. The number of amides is 2. The Morgan fingerprint density at radius 3 is 2.43 bits per heavy atom. The van der Waals surface area contributed by atoms with Gasteiger partial charge in [0.25, 0.3) is 5.91 Å². The molecule has 30 heavy (non-hydrogen) atoms. The third kappa shape index (κ3) is 3.97. The lowest BCUT2D eigenvalue weighted by Crippen LogP contribution is -2.51. The van der Waals surface area contributed by atoms with Crippen molar-refractivity contribution in [3.05, 3.63) is 52.0 Å². The lowest BCUT2D eigenvalue weighted by atomic mass is 10.1. The SMILES string of the molecule is Cc1nc(-c2ccccn2)sc1C(=O)N1CCN(C(=O)Cc2c(C)noc2C)CC1. The molecule has 2 amide bonds. The lowest BCUT2D eigenvalue weighted by molar-refractivity contribution is -0.131. The number of aromatic nitrogens is 3. The Kier molecular flexibility index (Phi) is 5.63. The Labute approximate surface area is 178 Å². The predicted molar refractivity (Wildman–Crippen MR) is 112 cm³/mol. The van der Waals surface area contributed by atoms with Gasteiger partial charge in [0.15, 0.2) is 0 Å². The van der Waals surface area contributed by atoms with Gasteiger partial charge in [0, 0.05) is 37.9 Å². The van der Waals surface area contributed by atoms with E-state index in [1.165, 1.54) is 11.3 Å². The van der Waals surface area contributed by atoms with Crippen LogP contribution in [0.1, 0.15) is 32.4 Å². The highest BCUT2D eigenvalue weighted by atomic mass is 32.1. The second-order valence-electron chi connectivity index (χ2n) is 7.30. The van der Waals surface area contributed by atoms with E-state index in [-0.39, 0.29) is 18.2 Å². The van der Waals surface area contributed by atoms with Crippen LogP contribution in [0.25, 0.3) is 10.7 Å². The highest BCUT2D eigenvalue weighted by Gasteiger charge is 2.28. The highest BCUT2D eigenvalue weighted by molar-refractivity contribution is 7.17. The fraction of sp³-hybridized carbons (Fsp3) is 0.381. The van der Waals surface area contributed by atoms with Crippen molar-refractivity contribution in [1.82, 2.24) is 24.9 Å². The molecule has 4 heterocycles. The van der Waals surface area contributed by atoms with Crippen LogP contribution < -0.4 is 0 Å². The van der Waals surface area contributed by atoms with Gasteiger partial charge in [0.2, 0.25) is 5.91 Å². The van der Waals surface area contributed by atoms with E-state index in [1.807, 2.05) is 39.0 Å². The summed E-state index contributed by atoms with van der Waals surface area (Å²) in [6.45, 7) is 7.53. The van der Waals surface area contributed by atoms with E-state index >= 15 is 0 Å². The fourth-order valence-corrected chi connectivity index (χ4v) is 4.52. The molecule has 0 aliphatic carbocycles. The summed E-state index contributed by atoms with van der Waals surface area (Å²) in [5.41, 5.74) is 3.07. The van der Waals surface area contributed by atoms with Crippen molar-refractivity contribution >= 4 is 23.2 Å². The van der Waals surface area contributed by atoms with Crippen LogP contribution in [0.5, 0.6) is 0 Å². The first-order valence-electron chi connectivity index (χ1n) is 9.81. The van der Waals surface area contributed by atoms with E-state index < -0.39 is 0 Å². The predicted octanol–water partition coefficient (Wildman–Crippen LogP) is 2.65. The van der Waals surface area contributed by atoms with Gasteiger partial charge >= 0.3 is 0 Å². The molecule has 0 spiro atoms. The monoisotopic (exact) mass is 425 g/mol. The number of carbonyl (C=O) groups excluding carboxylic acids is 2. The molecule has 3 aromatic rings. The molecule has 1 saturated heterocycles. The standard InChI is InChI=1S/C21H23N5O3S/c1-13-16(15(3)29-24-13)12-18(27)25-8-10-26(11-9-25)21(28)19-14(2)23-20(30-19)17-6-4-5-7-22-17/h4-7H,8-12H2,1-3H3. The normalized spacial score (nSPS) is 14.2. The van der Waals surface area contributed by atoms with Gasteiger partial charge in [-0.15, -0.1) is 11.3 Å². The first-order chi connectivity index (χ1) is 14.4. The summed E-state index contributed by atoms with van der Waals surface area (Å²) in [7, 11) is 0. The lowest BCUT2D eigenvalue weighted by Gasteiger charge is -2.34. The zero-order valence-corrected chi connectivity index (χ0v) is 18.0. The van der Waals surface area contributed by atoms with Crippen molar-refractivity contribution in [2.24, 2.45) is 0 Å². The highest BCUT2D eigenvalue weighted by Crippen LogP contribution is 2.27. The minimum Gasteiger partial charge on any atom is -0.361 e. The summed E-state index contributed by atoms with van der Waals surface area (Å²) in [5.74, 6) is 0.673. The van der Waals surface area contributed by atoms with Crippen molar-refractivity contribution in [2.45, 2.75) is 27.2 Å². The first-order valence-corrected chi connectivity index (χ1v) is 10.6. The van der Waals surface area contributed by atoms with Gasteiger partial charge in [-0.3, -0.25) is 14.6 Å². The molecule has 0 unspecified atom stereocenters. The largest absolute Gasteiger partial charge is 0.361 e. The average Bonchev–Trinajstić information content (AvgIpc) is 3.31. The Morgan fingerprint density at radius 2 is 1.80 bits per heavy atom. The van der Waals surface area contributed by atoms with Crippen LogP contribution in [0.4, 0.5) is 0 Å². The summed E-state index contributed by atoms with van der Waals surface area (Å²) < 4.78 is 5.14. The van der Waals surface area contributed by atoms with Crippen LogP contribution in [-0.2, 0) is 11.2 Å². The van der Waals surface area contributed by atoms with Crippen molar-refractivity contribution < 1.29 is 14.1 Å². The average molecular weight is 426 g/mol. The number of pyridine rings is 1. The van der Waals surface area contributed by atoms with Crippen LogP contribution >= 0.6 is 11.3 Å². The van der Waals surface area contributed by atoms with Gasteiger partial charge in [0.05, 0.1) is 23.5 Å². The summed E-state index contributed by atoms with van der Waals surface area (Å²) in [6, 6.07) is 5.64. The molecule has 8 nitrogen and oxygen atoms in total. The molecule has 3 aromatic heterocycles. The summed E-state index contributed by atoms with van der Waals surface area (Å²) >= 11 is 1.36. The molecule has 0 bridgehead atoms. The fourth-order valence-electron chi connectivity index (χ4n) is 3.51. The number of thiazole rings is 1. The van der Waals surface area contributed by atoms with E-state index in [9.17, 15) is 9.59 Å². The van der Waals surface area contributed by atoms with E-state index in [4.69, 9.17) is 4.52 Å². The third-order valence-electron chi connectivity index (χ3n) is 5.30. The Morgan fingerprint density at radius 1 is 1.07 bits per heavy atom. The maximum Gasteiger partial charge on any atom is 0.265 e. The molecule has 0 N–H and O–H groups in total. The zero-order chi connectivity index (χ0) is 21.3. The molecular weight excluding hydrogens is 402 g/mol. The number of nitrogens with zero attached hydrogens (tertiary/aromatic N) is 5. The van der Waals surface area contributed by atoms with Crippen LogP contribution in [0.3, 0.4) is 0 Å². The van der Waals surface area contributed by atoms with Crippen LogP contribution in [0.15, 0.2) is 28.9 Å². The van der Waals surface area contributed by atoms with Gasteiger partial charge in [-0.25, -0.2) is 4.98 Å². The summed E-state index contributed by atoms with van der Waals surface area (Å²) in [6.07, 6.45) is 1.99. The second-order valence-corrected chi connectivity index (χ2v) is 8.30. The van der Waals surface area contributed by atoms with Gasteiger partial charge in [-0.1, -0.05) is 11.2 Å². The number of aryl methyl sites for hydroxylation is 3. The molecule has 0 aromatic carbocycles. The van der Waals surface area contributed by atoms with Crippen molar-refractivity contribution in [3.63, 3.8) is 0 Å². The number of carbonyl (C=O) groups is 2. The van der Waals surface area contributed by atoms with Gasteiger partial charge < -0.3 is 14.3 Å². The topological polar surface area (TPSA) is 92.4 Å². The molecule has 1 fully saturated rings. The van der Waals surface area contributed by atoms with Crippen LogP contribution in [0.2, 0.25) is 0 Å². The minimum absolute atomic E-state index is 0.0305. The number of piperazine rings is 1. The second kappa shape index (κ2) is 8.35. The number of hydrogen-bond donors (Lipinski definition) is 0. The van der Waals surface area contributed by atoms with E-state index in [2.05, 4.69) is 15.1 Å². The zero-order valence-electron chi connectivity index (χ0n) is 17.2. The molecule has 0 radical (unpaired) electrons. The van der Waals surface area contributed by atoms with Gasteiger partial charge in [0.1, 0.15) is 15.6 Å². The molecule has 1 aliphatic rings. The van der Waals surface area contributed by atoms with E-state index in [0.29, 0.717) is 42.5 Å². The van der Waals surface area contributed by atoms with Crippen LogP contribution in [-0.4, -0.2) is 62.9 Å². The molecule has 4 rings (SSSR count). The molecule has 1 aliphatic heterocycles. The molecule has 0 saturated carbocycles. The van der Waals surface area contributed by atoms with E-state index in [1.54, 1.807) is 16.0 Å². The Hall–Kier alpha value is -3.07. The summed E-state index contributed by atoms with van der Waals surface area (Å²) in [4.78, 5) is 38.8.